The lowest BCUT2D eigenvalue weighted by Crippen LogP contribution is -2.29. The monoisotopic (exact) mass is 360 g/mol. The predicted molar refractivity (Wildman–Crippen MR) is 108 cm³/mol. The molecule has 4 nitrogen and oxygen atoms in total. The second kappa shape index (κ2) is 7.78. The molecule has 0 saturated heterocycles. The Morgan fingerprint density at radius 1 is 1.07 bits per heavy atom. The molecule has 1 aromatic heterocycles. The summed E-state index contributed by atoms with van der Waals surface area (Å²) in [7, 11) is 0. The Labute approximate surface area is 158 Å². The highest BCUT2D eigenvalue weighted by Gasteiger charge is 2.33. The molecule has 1 heterocycles. The number of fused-ring (bicyclic) bond motifs is 1. The minimum absolute atomic E-state index is 0.0629. The van der Waals surface area contributed by atoms with Crippen molar-refractivity contribution in [1.82, 2.24) is 10.3 Å². The van der Waals surface area contributed by atoms with Crippen molar-refractivity contribution in [1.29, 1.82) is 0 Å². The molecule has 1 atom stereocenters. The summed E-state index contributed by atoms with van der Waals surface area (Å²) >= 11 is 0. The van der Waals surface area contributed by atoms with E-state index in [-0.39, 0.29) is 11.5 Å². The zero-order valence-electron chi connectivity index (χ0n) is 15.3. The van der Waals surface area contributed by atoms with Crippen molar-refractivity contribution < 1.29 is 4.79 Å². The number of benzene rings is 2. The fourth-order valence-corrected chi connectivity index (χ4v) is 3.74. The second-order valence-corrected chi connectivity index (χ2v) is 7.37. The van der Waals surface area contributed by atoms with E-state index in [1.54, 1.807) is 0 Å². The topological polar surface area (TPSA) is 62.0 Å². The number of nitrogens with one attached hydrogen (secondary N) is 2. The zero-order chi connectivity index (χ0) is 18.6. The number of hydrogen-bond acceptors (Lipinski definition) is 2. The number of para-hydroxylation sites is 1. The van der Waals surface area contributed by atoms with Crippen LogP contribution in [0.1, 0.15) is 36.3 Å². The molecule has 0 aliphatic heterocycles. The third-order valence-corrected chi connectivity index (χ3v) is 5.37. The van der Waals surface area contributed by atoms with Crippen LogP contribution >= 0.6 is 0 Å². The van der Waals surface area contributed by atoms with E-state index >= 15 is 0 Å². The molecule has 1 fully saturated rings. The van der Waals surface area contributed by atoms with Gasteiger partial charge in [0.2, 0.25) is 5.91 Å². The van der Waals surface area contributed by atoms with Gasteiger partial charge in [-0.1, -0.05) is 48.5 Å². The van der Waals surface area contributed by atoms with Crippen molar-refractivity contribution in [3.8, 4) is 0 Å². The van der Waals surface area contributed by atoms with E-state index in [0.717, 1.165) is 10.9 Å². The van der Waals surface area contributed by atoms with Crippen LogP contribution in [0.25, 0.3) is 10.9 Å². The van der Waals surface area contributed by atoms with Crippen LogP contribution in [0.5, 0.6) is 0 Å². The van der Waals surface area contributed by atoms with Crippen molar-refractivity contribution in [2.75, 3.05) is 6.54 Å². The summed E-state index contributed by atoms with van der Waals surface area (Å²) in [5, 5.41) is 4.01. The number of rotatable bonds is 7. The van der Waals surface area contributed by atoms with Crippen LogP contribution in [0.15, 0.2) is 65.5 Å². The van der Waals surface area contributed by atoms with E-state index in [9.17, 15) is 9.59 Å². The van der Waals surface area contributed by atoms with E-state index in [0.29, 0.717) is 36.8 Å². The van der Waals surface area contributed by atoms with Crippen LogP contribution in [-0.2, 0) is 11.2 Å². The lowest BCUT2D eigenvalue weighted by Gasteiger charge is -2.16. The molecule has 0 radical (unpaired) electrons. The lowest BCUT2D eigenvalue weighted by molar-refractivity contribution is -0.121. The summed E-state index contributed by atoms with van der Waals surface area (Å²) in [6.45, 7) is 0.479. The maximum atomic E-state index is 12.4. The van der Waals surface area contributed by atoms with E-state index < -0.39 is 0 Å². The first kappa shape index (κ1) is 17.5. The number of H-pyrrole nitrogens is 1. The van der Waals surface area contributed by atoms with Gasteiger partial charge >= 0.3 is 0 Å². The molecule has 1 unspecified atom stereocenters. The third-order valence-electron chi connectivity index (χ3n) is 5.37. The fraction of sp³-hybridized carbons (Fsp3) is 0.304. The summed E-state index contributed by atoms with van der Waals surface area (Å²) in [4.78, 5) is 27.6. The third kappa shape index (κ3) is 4.27. The lowest BCUT2D eigenvalue weighted by atomic mass is 9.91. The van der Waals surface area contributed by atoms with Gasteiger partial charge in [-0.05, 0) is 54.2 Å². The van der Waals surface area contributed by atoms with Gasteiger partial charge < -0.3 is 10.3 Å². The Hall–Kier alpha value is -2.88. The molecular weight excluding hydrogens is 336 g/mol. The van der Waals surface area contributed by atoms with Gasteiger partial charge in [0, 0.05) is 24.0 Å². The van der Waals surface area contributed by atoms with E-state index in [4.69, 9.17) is 0 Å². The van der Waals surface area contributed by atoms with Crippen molar-refractivity contribution in [3.63, 3.8) is 0 Å². The Kier molecular flexibility index (Phi) is 5.05. The highest BCUT2D eigenvalue weighted by molar-refractivity contribution is 5.79. The average Bonchev–Trinajstić information content (AvgIpc) is 3.52. The zero-order valence-corrected chi connectivity index (χ0v) is 15.3. The Morgan fingerprint density at radius 3 is 2.59 bits per heavy atom. The van der Waals surface area contributed by atoms with Crippen LogP contribution in [0, 0.1) is 5.92 Å². The summed E-state index contributed by atoms with van der Waals surface area (Å²) in [6.07, 6.45) is 3.46. The molecule has 0 spiro atoms. The molecule has 1 amide bonds. The normalized spacial score (nSPS) is 14.8. The summed E-state index contributed by atoms with van der Waals surface area (Å²) in [6, 6.07) is 20.0. The highest BCUT2D eigenvalue weighted by Crippen LogP contribution is 2.44. The molecular formula is C23H24N2O2. The van der Waals surface area contributed by atoms with Crippen LogP contribution < -0.4 is 10.9 Å². The SMILES string of the molecule is O=C(CC(c1ccccc1)C1CC1)NCCc1cc2ccccc2[nH]c1=O. The van der Waals surface area contributed by atoms with Crippen LogP contribution in [0.3, 0.4) is 0 Å². The van der Waals surface area contributed by atoms with Gasteiger partial charge in [0.25, 0.3) is 5.56 Å². The van der Waals surface area contributed by atoms with Gasteiger partial charge in [0.1, 0.15) is 0 Å². The minimum Gasteiger partial charge on any atom is -0.356 e. The van der Waals surface area contributed by atoms with Crippen molar-refractivity contribution in [2.45, 2.75) is 31.6 Å². The fourth-order valence-electron chi connectivity index (χ4n) is 3.74. The number of hydrogen-bond donors (Lipinski definition) is 2. The summed E-state index contributed by atoms with van der Waals surface area (Å²) in [5.74, 6) is 0.990. The number of amides is 1. The van der Waals surface area contributed by atoms with Crippen LogP contribution in [-0.4, -0.2) is 17.4 Å². The molecule has 0 bridgehead atoms. The number of aromatic amines is 1. The smallest absolute Gasteiger partial charge is 0.251 e. The Balaban J connectivity index is 1.35. The molecule has 2 N–H and O–H groups in total. The molecule has 1 aliphatic carbocycles. The summed E-state index contributed by atoms with van der Waals surface area (Å²) < 4.78 is 0. The first-order valence-corrected chi connectivity index (χ1v) is 9.63. The average molecular weight is 360 g/mol. The van der Waals surface area contributed by atoms with E-state index in [1.807, 2.05) is 48.5 Å². The van der Waals surface area contributed by atoms with Gasteiger partial charge in [0.15, 0.2) is 0 Å². The summed E-state index contributed by atoms with van der Waals surface area (Å²) in [5.41, 5.74) is 2.71. The maximum Gasteiger partial charge on any atom is 0.251 e. The standard InChI is InChI=1S/C23H24N2O2/c26-22(15-20(17-10-11-17)16-6-2-1-3-7-16)24-13-12-19-14-18-8-4-5-9-21(18)25-23(19)27/h1-9,14,17,20H,10-13,15H2,(H,24,26)(H,25,27). The minimum atomic E-state index is -0.0805. The maximum absolute atomic E-state index is 12.4. The van der Waals surface area contributed by atoms with Crippen molar-refractivity contribution in [2.24, 2.45) is 5.92 Å². The number of aromatic nitrogens is 1. The molecule has 1 aliphatic rings. The van der Waals surface area contributed by atoms with Crippen LogP contribution in [0.4, 0.5) is 0 Å². The van der Waals surface area contributed by atoms with Gasteiger partial charge in [0.05, 0.1) is 0 Å². The highest BCUT2D eigenvalue weighted by atomic mass is 16.1. The first-order valence-electron chi connectivity index (χ1n) is 9.63. The second-order valence-electron chi connectivity index (χ2n) is 7.37. The molecule has 4 rings (SSSR count). The van der Waals surface area contributed by atoms with Gasteiger partial charge in [-0.2, -0.15) is 0 Å². The molecule has 27 heavy (non-hydrogen) atoms. The van der Waals surface area contributed by atoms with Crippen molar-refractivity contribution in [3.05, 3.63) is 82.1 Å². The Bertz CT molecular complexity index is 990. The van der Waals surface area contributed by atoms with Crippen LogP contribution in [0.2, 0.25) is 0 Å². The largest absolute Gasteiger partial charge is 0.356 e. The molecule has 138 valence electrons. The van der Waals surface area contributed by atoms with Crippen molar-refractivity contribution >= 4 is 16.8 Å². The van der Waals surface area contributed by atoms with E-state index in [1.165, 1.54) is 18.4 Å². The number of pyridine rings is 1. The molecule has 4 heteroatoms. The first-order chi connectivity index (χ1) is 13.2. The van der Waals surface area contributed by atoms with E-state index in [2.05, 4.69) is 22.4 Å². The molecule has 1 saturated carbocycles. The number of carbonyl (C=O) groups excluding carboxylic acids is 1. The quantitative estimate of drug-likeness (QED) is 0.674. The Morgan fingerprint density at radius 2 is 1.81 bits per heavy atom. The van der Waals surface area contributed by atoms with Gasteiger partial charge in [-0.25, -0.2) is 0 Å². The van der Waals surface area contributed by atoms with Gasteiger partial charge in [-0.3, -0.25) is 9.59 Å². The predicted octanol–water partition coefficient (Wildman–Crippen LogP) is 3.77. The molecule has 2 aromatic carbocycles. The molecule has 3 aromatic rings. The number of carbonyl (C=O) groups is 1. The van der Waals surface area contributed by atoms with Gasteiger partial charge in [-0.15, -0.1) is 0 Å².